The number of aromatic nitrogens is 4. The Morgan fingerprint density at radius 2 is 1.71 bits per heavy atom. The molecule has 0 bridgehead atoms. The van der Waals surface area contributed by atoms with Crippen LogP contribution >= 0.6 is 0 Å². The minimum absolute atomic E-state index is 0.0730. The van der Waals surface area contributed by atoms with Gasteiger partial charge in [0.05, 0.1) is 11.7 Å². The summed E-state index contributed by atoms with van der Waals surface area (Å²) < 4.78 is 1.80. The molecule has 0 amide bonds. The van der Waals surface area contributed by atoms with E-state index in [1.807, 2.05) is 50.4 Å². The molecule has 0 spiro atoms. The Hall–Kier alpha value is -2.53. The summed E-state index contributed by atoms with van der Waals surface area (Å²) in [6, 6.07) is 18.5. The summed E-state index contributed by atoms with van der Waals surface area (Å²) in [5.74, 6) is 0.792. The molecule has 106 valence electrons. The van der Waals surface area contributed by atoms with E-state index >= 15 is 0 Å². The van der Waals surface area contributed by atoms with Crippen LogP contribution in [0.5, 0.6) is 0 Å². The fourth-order valence-electron chi connectivity index (χ4n) is 2.28. The number of para-hydroxylation sites is 1. The largest absolute Gasteiger partial charge is 0.311 e. The second-order valence-corrected chi connectivity index (χ2v) is 4.84. The lowest BCUT2D eigenvalue weighted by atomic mass is 10.0. The van der Waals surface area contributed by atoms with Gasteiger partial charge in [-0.15, -0.1) is 5.10 Å². The van der Waals surface area contributed by atoms with Crippen molar-refractivity contribution in [1.82, 2.24) is 25.5 Å². The van der Waals surface area contributed by atoms with E-state index in [1.165, 1.54) is 0 Å². The Balaban J connectivity index is 2.15. The third-order valence-electron chi connectivity index (χ3n) is 3.53. The summed E-state index contributed by atoms with van der Waals surface area (Å²) in [5, 5.41) is 15.3. The second-order valence-electron chi connectivity index (χ2n) is 4.84. The number of benzene rings is 2. The monoisotopic (exact) mass is 279 g/mol. The van der Waals surface area contributed by atoms with Crippen molar-refractivity contribution in [2.75, 3.05) is 7.05 Å². The summed E-state index contributed by atoms with van der Waals surface area (Å²) in [6.45, 7) is 2.04. The van der Waals surface area contributed by atoms with E-state index in [9.17, 15) is 0 Å². The van der Waals surface area contributed by atoms with Crippen molar-refractivity contribution in [3.05, 3.63) is 60.4 Å². The summed E-state index contributed by atoms with van der Waals surface area (Å²) in [5.41, 5.74) is 3.23. The first-order chi connectivity index (χ1) is 10.3. The van der Waals surface area contributed by atoms with Gasteiger partial charge in [0.15, 0.2) is 5.82 Å². The molecule has 1 N–H and O–H groups in total. The summed E-state index contributed by atoms with van der Waals surface area (Å²) >= 11 is 0. The van der Waals surface area contributed by atoms with Gasteiger partial charge in [-0.25, -0.2) is 0 Å². The number of tetrazole rings is 1. The van der Waals surface area contributed by atoms with Crippen LogP contribution in [0.25, 0.3) is 16.8 Å². The van der Waals surface area contributed by atoms with Crippen LogP contribution in [0.1, 0.15) is 18.8 Å². The minimum Gasteiger partial charge on any atom is -0.311 e. The molecule has 5 heteroatoms. The number of nitrogens with one attached hydrogen (secondary N) is 1. The smallest absolute Gasteiger partial charge is 0.173 e. The molecule has 5 nitrogen and oxygen atoms in total. The van der Waals surface area contributed by atoms with Gasteiger partial charge in [-0.3, -0.25) is 0 Å². The lowest BCUT2D eigenvalue weighted by molar-refractivity contribution is 0.589. The molecule has 0 fully saturated rings. The summed E-state index contributed by atoms with van der Waals surface area (Å²) in [6.07, 6.45) is 0. The molecule has 0 aliphatic carbocycles. The molecule has 0 radical (unpaired) electrons. The van der Waals surface area contributed by atoms with Crippen molar-refractivity contribution in [2.24, 2.45) is 0 Å². The van der Waals surface area contributed by atoms with E-state index < -0.39 is 0 Å². The molecule has 0 saturated heterocycles. The zero-order chi connectivity index (χ0) is 14.7. The van der Waals surface area contributed by atoms with E-state index in [0.29, 0.717) is 0 Å². The van der Waals surface area contributed by atoms with E-state index in [-0.39, 0.29) is 6.04 Å². The lowest BCUT2D eigenvalue weighted by Crippen LogP contribution is -2.18. The highest BCUT2D eigenvalue weighted by molar-refractivity contribution is 5.72. The Morgan fingerprint density at radius 1 is 1.00 bits per heavy atom. The van der Waals surface area contributed by atoms with Gasteiger partial charge in [0.2, 0.25) is 0 Å². The van der Waals surface area contributed by atoms with Crippen LogP contribution in [0.2, 0.25) is 0 Å². The van der Waals surface area contributed by atoms with Crippen LogP contribution in [0.3, 0.4) is 0 Å². The third-order valence-corrected chi connectivity index (χ3v) is 3.53. The fraction of sp³-hybridized carbons (Fsp3) is 0.188. The lowest BCUT2D eigenvalue weighted by Gasteiger charge is -2.13. The highest BCUT2D eigenvalue weighted by Crippen LogP contribution is 2.27. The normalized spacial score (nSPS) is 12.3. The quantitative estimate of drug-likeness (QED) is 0.797. The fourth-order valence-corrected chi connectivity index (χ4v) is 2.28. The van der Waals surface area contributed by atoms with Gasteiger partial charge < -0.3 is 5.32 Å². The predicted octanol–water partition coefficient (Wildman–Crippen LogP) is 2.61. The molecule has 1 atom stereocenters. The first-order valence-corrected chi connectivity index (χ1v) is 6.91. The Labute approximate surface area is 123 Å². The maximum absolute atomic E-state index is 4.16. The van der Waals surface area contributed by atoms with Gasteiger partial charge in [-0.1, -0.05) is 48.5 Å². The van der Waals surface area contributed by atoms with Gasteiger partial charge in [0.1, 0.15) is 0 Å². The van der Waals surface area contributed by atoms with Crippen LogP contribution < -0.4 is 5.32 Å². The maximum atomic E-state index is 4.16. The molecule has 21 heavy (non-hydrogen) atoms. The molecule has 0 saturated carbocycles. The maximum Gasteiger partial charge on any atom is 0.173 e. The van der Waals surface area contributed by atoms with Gasteiger partial charge in [0, 0.05) is 5.56 Å². The van der Waals surface area contributed by atoms with Gasteiger partial charge >= 0.3 is 0 Å². The number of nitrogens with zero attached hydrogens (tertiary/aromatic N) is 4. The molecule has 1 heterocycles. The summed E-state index contributed by atoms with van der Waals surface area (Å²) in [7, 11) is 1.90. The van der Waals surface area contributed by atoms with Crippen LogP contribution in [0, 0.1) is 0 Å². The van der Waals surface area contributed by atoms with Crippen LogP contribution in [-0.4, -0.2) is 27.3 Å². The number of rotatable bonds is 4. The molecule has 1 aromatic heterocycles. The van der Waals surface area contributed by atoms with Gasteiger partial charge in [-0.05, 0) is 36.0 Å². The molecule has 3 rings (SSSR count). The van der Waals surface area contributed by atoms with Crippen LogP contribution in [0.4, 0.5) is 0 Å². The predicted molar refractivity (Wildman–Crippen MR) is 82.1 cm³/mol. The van der Waals surface area contributed by atoms with E-state index in [0.717, 1.165) is 22.6 Å². The number of hydrogen-bond donors (Lipinski definition) is 1. The molecule has 1 unspecified atom stereocenters. The van der Waals surface area contributed by atoms with Crippen molar-refractivity contribution < 1.29 is 0 Å². The van der Waals surface area contributed by atoms with Crippen molar-refractivity contribution in [3.8, 4) is 16.8 Å². The van der Waals surface area contributed by atoms with E-state index in [4.69, 9.17) is 0 Å². The van der Waals surface area contributed by atoms with Crippen LogP contribution in [0.15, 0.2) is 54.6 Å². The summed E-state index contributed by atoms with van der Waals surface area (Å²) in [4.78, 5) is 0. The Kier molecular flexibility index (Phi) is 3.75. The highest BCUT2D eigenvalue weighted by atomic mass is 15.5. The first kappa shape index (κ1) is 13.5. The number of hydrogen-bond acceptors (Lipinski definition) is 4. The van der Waals surface area contributed by atoms with Gasteiger partial charge in [0.25, 0.3) is 0 Å². The van der Waals surface area contributed by atoms with Crippen molar-refractivity contribution in [3.63, 3.8) is 0 Å². The molecular weight excluding hydrogens is 262 g/mol. The molecular formula is C16H17N5. The van der Waals surface area contributed by atoms with Crippen LogP contribution in [-0.2, 0) is 0 Å². The minimum atomic E-state index is 0.0730. The van der Waals surface area contributed by atoms with Crippen molar-refractivity contribution in [1.29, 1.82) is 0 Å². The Morgan fingerprint density at radius 3 is 2.48 bits per heavy atom. The molecule has 0 aliphatic rings. The van der Waals surface area contributed by atoms with Crippen molar-refractivity contribution in [2.45, 2.75) is 13.0 Å². The van der Waals surface area contributed by atoms with Crippen molar-refractivity contribution >= 4 is 0 Å². The topological polar surface area (TPSA) is 55.6 Å². The zero-order valence-corrected chi connectivity index (χ0v) is 12.1. The second kappa shape index (κ2) is 5.85. The molecule has 2 aromatic carbocycles. The molecule has 0 aliphatic heterocycles. The molecule has 3 aromatic rings. The third kappa shape index (κ3) is 2.55. The first-order valence-electron chi connectivity index (χ1n) is 6.91. The SMILES string of the molecule is CNC(C)c1nnnn1-c1ccccc1-c1ccccc1. The average Bonchev–Trinajstić information content (AvgIpc) is 3.04. The van der Waals surface area contributed by atoms with E-state index in [1.54, 1.807) is 4.68 Å². The standard InChI is InChI=1S/C16H17N5/c1-12(17-2)16-18-19-20-21(16)15-11-7-6-10-14(15)13-8-4-3-5-9-13/h3-12,17H,1-2H3. The Bertz CT molecular complexity index is 720. The average molecular weight is 279 g/mol. The van der Waals surface area contributed by atoms with Gasteiger partial charge in [-0.2, -0.15) is 4.68 Å². The zero-order valence-electron chi connectivity index (χ0n) is 12.1. The highest BCUT2D eigenvalue weighted by Gasteiger charge is 2.16. The van der Waals surface area contributed by atoms with E-state index in [2.05, 4.69) is 39.0 Å².